The van der Waals surface area contributed by atoms with Gasteiger partial charge in [-0.25, -0.2) is 4.57 Å². The van der Waals surface area contributed by atoms with Crippen molar-refractivity contribution in [3.05, 3.63) is 24.3 Å². The molecule has 0 aromatic heterocycles. The third-order valence-electron chi connectivity index (χ3n) is 12.8. The van der Waals surface area contributed by atoms with Gasteiger partial charge in [-0.1, -0.05) is 199 Å². The van der Waals surface area contributed by atoms with Crippen LogP contribution in [-0.4, -0.2) is 86.5 Å². The molecule has 71 heavy (non-hydrogen) atoms. The second-order valence-corrected chi connectivity index (χ2v) is 22.5. The Hall–Kier alpha value is -1.75. The smallest absolute Gasteiger partial charge is 0.472 e. The summed E-state index contributed by atoms with van der Waals surface area (Å²) in [5.41, 5.74) is 0. The summed E-state index contributed by atoms with van der Waals surface area (Å²) in [7, 11) is 0.967. The maximum Gasteiger partial charge on any atom is 0.472 e. The normalized spacial score (nSPS) is 14.0. The van der Waals surface area contributed by atoms with E-state index in [0.29, 0.717) is 17.3 Å². The fourth-order valence-corrected chi connectivity index (χ4v) is 9.40. The molecule has 0 heterocycles. The average Bonchev–Trinajstić information content (AvgIpc) is 3.31. The van der Waals surface area contributed by atoms with Crippen LogP contribution >= 0.6 is 7.82 Å². The maximum atomic E-state index is 13.5. The van der Waals surface area contributed by atoms with E-state index in [1.807, 2.05) is 21.1 Å². The summed E-state index contributed by atoms with van der Waals surface area (Å²) >= 11 is 0. The van der Waals surface area contributed by atoms with E-state index in [1.165, 1.54) is 122 Å². The Balaban J connectivity index is 0. The minimum Gasteiger partial charge on any atom is -1.00 e. The van der Waals surface area contributed by atoms with Gasteiger partial charge < -0.3 is 36.0 Å². The highest BCUT2D eigenvalue weighted by Crippen LogP contribution is 2.46. The van der Waals surface area contributed by atoms with Crippen molar-refractivity contribution >= 4 is 25.7 Å². The zero-order valence-electron chi connectivity index (χ0n) is 46.9. The first-order valence-electron chi connectivity index (χ1n) is 29.0. The van der Waals surface area contributed by atoms with E-state index in [4.69, 9.17) is 23.3 Å². The molecule has 11 nitrogen and oxygen atoms in total. The van der Waals surface area contributed by atoms with Crippen LogP contribution in [0.5, 0.6) is 0 Å². The lowest BCUT2D eigenvalue weighted by atomic mass is 10.1. The molecule has 0 aromatic carbocycles. The number of ether oxygens (including phenoxy) is 3. The molecule has 1 N–H and O–H groups in total. The van der Waals surface area contributed by atoms with Crippen LogP contribution in [0.1, 0.15) is 272 Å². The molecule has 3 unspecified atom stereocenters. The molecule has 0 spiro atoms. The van der Waals surface area contributed by atoms with Gasteiger partial charge in [0, 0.05) is 19.3 Å². The predicted octanol–water partition coefficient (Wildman–Crippen LogP) is 13.6. The summed E-state index contributed by atoms with van der Waals surface area (Å²) in [4.78, 5) is 49.7. The van der Waals surface area contributed by atoms with E-state index in [0.717, 1.165) is 89.9 Å². The molecule has 0 bridgehead atoms. The van der Waals surface area contributed by atoms with Crippen molar-refractivity contribution in [2.75, 3.05) is 40.9 Å². The van der Waals surface area contributed by atoms with Crippen LogP contribution in [0, 0.1) is 0 Å². The van der Waals surface area contributed by atoms with Gasteiger partial charge in [0.15, 0.2) is 12.2 Å². The number of quaternary nitrogens is 1. The van der Waals surface area contributed by atoms with Crippen LogP contribution in [0.25, 0.3) is 0 Å². The third-order valence-corrected chi connectivity index (χ3v) is 13.8. The summed E-state index contributed by atoms with van der Waals surface area (Å²) in [6.45, 7) is 7.80. The minimum absolute atomic E-state index is 0. The first-order chi connectivity index (χ1) is 33.7. The van der Waals surface area contributed by atoms with Crippen molar-refractivity contribution in [2.24, 2.45) is 0 Å². The number of nitrogens with zero attached hydrogens (tertiary/aromatic N) is 1. The molecule has 0 radical (unpaired) electrons. The van der Waals surface area contributed by atoms with Crippen LogP contribution in [-0.2, 0) is 42.2 Å². The monoisotopic (exact) mass is 1050 g/mol. The van der Waals surface area contributed by atoms with Gasteiger partial charge >= 0.3 is 25.7 Å². The van der Waals surface area contributed by atoms with E-state index in [1.54, 1.807) is 6.92 Å². The van der Waals surface area contributed by atoms with Crippen LogP contribution < -0.4 is 12.4 Å². The minimum atomic E-state index is -4.76. The molecule has 0 saturated heterocycles. The number of allylic oxidation sites excluding steroid dienone is 4. The van der Waals surface area contributed by atoms with E-state index >= 15 is 0 Å². The second kappa shape index (κ2) is 50.4. The van der Waals surface area contributed by atoms with Gasteiger partial charge in [0.25, 0.3) is 0 Å². The lowest BCUT2D eigenvalue weighted by Crippen LogP contribution is -3.00. The van der Waals surface area contributed by atoms with Crippen molar-refractivity contribution < 1.29 is 64.0 Å². The Kier molecular flexibility index (Phi) is 50.6. The highest BCUT2D eigenvalue weighted by atomic mass is 35.5. The number of carbonyl (C=O) groups excluding carboxylic acids is 3. The summed E-state index contributed by atoms with van der Waals surface area (Å²) in [6.07, 6.45) is 47.2. The fraction of sp³-hybridized carbons (Fsp3) is 0.879. The average molecular weight is 1050 g/mol. The first-order valence-corrected chi connectivity index (χ1v) is 30.5. The lowest BCUT2D eigenvalue weighted by Gasteiger charge is -2.32. The molecule has 0 aliphatic rings. The fourth-order valence-electron chi connectivity index (χ4n) is 8.41. The summed E-state index contributed by atoms with van der Waals surface area (Å²) < 4.78 is 42.0. The number of hydrogen-bond donors (Lipinski definition) is 1. The van der Waals surface area contributed by atoms with Crippen molar-refractivity contribution in [3.8, 4) is 0 Å². The SMILES string of the molecule is CCCCCCCC/C=C\CCCCCCCC(=O)OC[C@H](COP(=O)(O)OC(C[N+](C)(C)C)C(C)OC(=O)CCCCCCCCCCC)OC(=O)CCCCCCC/C=C\CCCCCCCC.[Cl-]. The summed E-state index contributed by atoms with van der Waals surface area (Å²) in [5, 5.41) is 0. The highest BCUT2D eigenvalue weighted by Gasteiger charge is 2.36. The summed E-state index contributed by atoms with van der Waals surface area (Å²) in [5.74, 6) is -1.27. The molecule has 0 aromatic rings. The molecule has 420 valence electrons. The Bertz CT molecular complexity index is 1340. The lowest BCUT2D eigenvalue weighted by molar-refractivity contribution is -0.873. The Labute approximate surface area is 443 Å². The first kappa shape index (κ1) is 71.3. The van der Waals surface area contributed by atoms with Crippen molar-refractivity contribution in [1.29, 1.82) is 0 Å². The molecule has 0 rings (SSSR count). The van der Waals surface area contributed by atoms with Crippen LogP contribution in [0.3, 0.4) is 0 Å². The molecule has 0 aliphatic carbocycles. The van der Waals surface area contributed by atoms with Gasteiger partial charge in [-0.2, -0.15) is 0 Å². The van der Waals surface area contributed by atoms with Gasteiger partial charge in [0.1, 0.15) is 19.3 Å². The third kappa shape index (κ3) is 51.5. The number of esters is 3. The van der Waals surface area contributed by atoms with Crippen LogP contribution in [0.4, 0.5) is 0 Å². The van der Waals surface area contributed by atoms with E-state index in [2.05, 4.69) is 45.1 Å². The number of rotatable bonds is 52. The van der Waals surface area contributed by atoms with Gasteiger partial charge in [-0.15, -0.1) is 0 Å². The molecule has 4 atom stereocenters. The number of phosphoric ester groups is 1. The van der Waals surface area contributed by atoms with Gasteiger partial charge in [-0.3, -0.25) is 23.4 Å². The molecule has 0 amide bonds. The Morgan fingerprint density at radius 2 is 0.803 bits per heavy atom. The molecular formula is C58H111ClNO10P. The number of halogens is 1. The van der Waals surface area contributed by atoms with E-state index < -0.39 is 44.7 Å². The number of carbonyl (C=O) groups is 3. The van der Waals surface area contributed by atoms with Crippen molar-refractivity contribution in [1.82, 2.24) is 0 Å². The Morgan fingerprint density at radius 1 is 0.479 bits per heavy atom. The topological polar surface area (TPSA) is 135 Å². The zero-order valence-corrected chi connectivity index (χ0v) is 48.6. The number of likely N-dealkylation sites (N-methyl/N-ethyl adjacent to an activating group) is 1. The summed E-state index contributed by atoms with van der Waals surface area (Å²) in [6, 6.07) is 0. The standard InChI is InChI=1S/C58H110NO10P.ClH/c1-8-11-14-17-20-23-25-27-29-31-33-36-38-41-44-47-56(60)65-51-54(68-58(62)49-46-43-40-37-34-32-30-28-26-24-21-18-15-12-9-2)52-66-70(63,64)69-55(50-59(5,6)7)53(4)67-57(61)48-45-42-39-35-22-19-16-13-10-3;/h27-30,53-55H,8-26,31-52H2,1-7H3;1H/b29-27-,30-28-;/t53?,54-,55?;/m1./s1. The second-order valence-electron chi connectivity index (χ2n) is 21.1. The molecule has 0 saturated carbocycles. The van der Waals surface area contributed by atoms with Crippen molar-refractivity contribution in [2.45, 2.75) is 290 Å². The van der Waals surface area contributed by atoms with Gasteiger partial charge in [-0.05, 0) is 77.6 Å². The maximum absolute atomic E-state index is 13.5. The molecule has 13 heteroatoms. The molecule has 0 aliphatic heterocycles. The van der Waals surface area contributed by atoms with Crippen molar-refractivity contribution in [3.63, 3.8) is 0 Å². The quantitative estimate of drug-likeness (QED) is 0.0157. The van der Waals surface area contributed by atoms with E-state index in [-0.39, 0.29) is 50.8 Å². The number of unbranched alkanes of at least 4 members (excludes halogenated alkanes) is 30. The highest BCUT2D eigenvalue weighted by molar-refractivity contribution is 7.47. The van der Waals surface area contributed by atoms with Crippen LogP contribution in [0.2, 0.25) is 0 Å². The largest absolute Gasteiger partial charge is 1.00 e. The number of phosphoric acid groups is 1. The van der Waals surface area contributed by atoms with Crippen LogP contribution in [0.15, 0.2) is 24.3 Å². The molecule has 0 fully saturated rings. The van der Waals surface area contributed by atoms with Gasteiger partial charge in [0.05, 0.1) is 27.7 Å². The zero-order chi connectivity index (χ0) is 51.8. The number of hydrogen-bond acceptors (Lipinski definition) is 9. The van der Waals surface area contributed by atoms with Gasteiger partial charge in [0.2, 0.25) is 0 Å². The Morgan fingerprint density at radius 3 is 1.17 bits per heavy atom. The van der Waals surface area contributed by atoms with E-state index in [9.17, 15) is 23.8 Å². The predicted molar refractivity (Wildman–Crippen MR) is 291 cm³/mol. The molecular weight excluding hydrogens is 937 g/mol.